The van der Waals surface area contributed by atoms with Crippen molar-refractivity contribution in [3.63, 3.8) is 0 Å². The summed E-state index contributed by atoms with van der Waals surface area (Å²) in [4.78, 5) is 56.0. The van der Waals surface area contributed by atoms with Crippen LogP contribution < -0.4 is 0 Å². The SMILES string of the molecule is O=C(C(=O)N1CCN(C(=O)c2ccco2)CC1)N1CCN(C(=O)c2ccco2)CC1. The zero-order valence-electron chi connectivity index (χ0n) is 16.4. The van der Waals surface area contributed by atoms with Gasteiger partial charge in [-0.25, -0.2) is 0 Å². The molecule has 4 rings (SSSR count). The van der Waals surface area contributed by atoms with E-state index in [2.05, 4.69) is 0 Å². The fourth-order valence-electron chi connectivity index (χ4n) is 3.61. The standard InChI is InChI=1S/C20H22N4O6/c25-17(15-3-1-13-29-15)21-5-9-23(10-6-21)19(27)20(28)24-11-7-22(8-12-24)18(26)16-4-2-14-30-16/h1-4,13-14H,5-12H2. The van der Waals surface area contributed by atoms with Crippen LogP contribution >= 0.6 is 0 Å². The van der Waals surface area contributed by atoms with Crippen LogP contribution in [0.25, 0.3) is 0 Å². The summed E-state index contributed by atoms with van der Waals surface area (Å²) in [7, 11) is 0. The first-order chi connectivity index (χ1) is 14.5. The zero-order valence-corrected chi connectivity index (χ0v) is 16.4. The molecule has 2 aliphatic rings. The van der Waals surface area contributed by atoms with Gasteiger partial charge in [0.25, 0.3) is 11.8 Å². The second-order valence-corrected chi connectivity index (χ2v) is 7.12. The monoisotopic (exact) mass is 414 g/mol. The third-order valence-corrected chi connectivity index (χ3v) is 5.36. The molecule has 2 aliphatic heterocycles. The van der Waals surface area contributed by atoms with Crippen LogP contribution in [-0.4, -0.2) is 95.6 Å². The van der Waals surface area contributed by atoms with E-state index in [0.717, 1.165) is 0 Å². The van der Waals surface area contributed by atoms with Crippen LogP contribution in [0, 0.1) is 0 Å². The molecule has 0 unspecified atom stereocenters. The summed E-state index contributed by atoms with van der Waals surface area (Å²) in [6.45, 7) is 2.49. The summed E-state index contributed by atoms with van der Waals surface area (Å²) in [6, 6.07) is 6.49. The van der Waals surface area contributed by atoms with Crippen LogP contribution in [0.4, 0.5) is 0 Å². The van der Waals surface area contributed by atoms with Crippen molar-refractivity contribution >= 4 is 23.6 Å². The first kappa shape index (κ1) is 19.7. The van der Waals surface area contributed by atoms with Crippen molar-refractivity contribution in [2.45, 2.75) is 0 Å². The van der Waals surface area contributed by atoms with E-state index in [-0.39, 0.29) is 49.5 Å². The molecule has 4 amide bonds. The van der Waals surface area contributed by atoms with Gasteiger partial charge in [0.2, 0.25) is 0 Å². The molecule has 0 atom stereocenters. The highest BCUT2D eigenvalue weighted by Gasteiger charge is 2.33. The molecule has 2 aromatic rings. The van der Waals surface area contributed by atoms with Crippen LogP contribution in [0.5, 0.6) is 0 Å². The van der Waals surface area contributed by atoms with Crippen LogP contribution in [0.3, 0.4) is 0 Å². The van der Waals surface area contributed by atoms with Gasteiger partial charge in [-0.2, -0.15) is 0 Å². The Kier molecular flexibility index (Phi) is 5.55. The first-order valence-corrected chi connectivity index (χ1v) is 9.78. The number of rotatable bonds is 2. The number of piperazine rings is 2. The molecule has 10 heteroatoms. The second kappa shape index (κ2) is 8.44. The molecule has 158 valence electrons. The van der Waals surface area contributed by atoms with Crippen molar-refractivity contribution < 1.29 is 28.0 Å². The van der Waals surface area contributed by atoms with E-state index in [9.17, 15) is 19.2 Å². The summed E-state index contributed by atoms with van der Waals surface area (Å²) in [5.41, 5.74) is 0. The van der Waals surface area contributed by atoms with Gasteiger partial charge in [0.15, 0.2) is 11.5 Å². The highest BCUT2D eigenvalue weighted by Crippen LogP contribution is 2.12. The molecule has 30 heavy (non-hydrogen) atoms. The fourth-order valence-corrected chi connectivity index (χ4v) is 3.61. The zero-order chi connectivity index (χ0) is 21.1. The lowest BCUT2D eigenvalue weighted by atomic mass is 10.2. The number of carbonyl (C=O) groups excluding carboxylic acids is 4. The van der Waals surface area contributed by atoms with Gasteiger partial charge in [-0.1, -0.05) is 0 Å². The fraction of sp³-hybridized carbons (Fsp3) is 0.400. The number of carbonyl (C=O) groups is 4. The second-order valence-electron chi connectivity index (χ2n) is 7.12. The van der Waals surface area contributed by atoms with Crippen molar-refractivity contribution in [2.75, 3.05) is 52.4 Å². The van der Waals surface area contributed by atoms with E-state index in [1.54, 1.807) is 34.1 Å². The highest BCUT2D eigenvalue weighted by molar-refractivity contribution is 6.35. The van der Waals surface area contributed by atoms with Crippen molar-refractivity contribution in [3.8, 4) is 0 Å². The summed E-state index contributed by atoms with van der Waals surface area (Å²) < 4.78 is 10.2. The molecule has 0 radical (unpaired) electrons. The van der Waals surface area contributed by atoms with E-state index in [4.69, 9.17) is 8.83 Å². The van der Waals surface area contributed by atoms with Crippen LogP contribution in [0.15, 0.2) is 45.6 Å². The van der Waals surface area contributed by atoms with Crippen LogP contribution in [-0.2, 0) is 9.59 Å². The summed E-state index contributed by atoms with van der Waals surface area (Å²) in [5, 5.41) is 0. The van der Waals surface area contributed by atoms with Crippen molar-refractivity contribution in [2.24, 2.45) is 0 Å². The third kappa shape index (κ3) is 3.93. The highest BCUT2D eigenvalue weighted by atomic mass is 16.3. The Balaban J connectivity index is 1.26. The average molecular weight is 414 g/mol. The number of nitrogens with zero attached hydrogens (tertiary/aromatic N) is 4. The molecule has 2 fully saturated rings. The molecule has 2 aromatic heterocycles. The molecule has 2 saturated heterocycles. The summed E-state index contributed by atoms with van der Waals surface area (Å²) in [5.74, 6) is -1.09. The van der Waals surface area contributed by atoms with Crippen molar-refractivity contribution in [1.29, 1.82) is 0 Å². The number of hydrogen-bond acceptors (Lipinski definition) is 6. The van der Waals surface area contributed by atoms with E-state index in [1.165, 1.54) is 22.3 Å². The van der Waals surface area contributed by atoms with Gasteiger partial charge in [0, 0.05) is 52.4 Å². The van der Waals surface area contributed by atoms with Crippen molar-refractivity contribution in [3.05, 3.63) is 48.3 Å². The van der Waals surface area contributed by atoms with Gasteiger partial charge < -0.3 is 28.4 Å². The predicted molar refractivity (Wildman–Crippen MR) is 102 cm³/mol. The largest absolute Gasteiger partial charge is 0.459 e. The molecule has 0 aromatic carbocycles. The Morgan fingerprint density at radius 2 is 0.900 bits per heavy atom. The predicted octanol–water partition coefficient (Wildman–Crippen LogP) is 0.142. The van der Waals surface area contributed by atoms with E-state index in [0.29, 0.717) is 26.2 Å². The molecule has 0 spiro atoms. The lowest BCUT2D eigenvalue weighted by Gasteiger charge is -2.37. The maximum atomic E-state index is 12.6. The summed E-state index contributed by atoms with van der Waals surface area (Å²) >= 11 is 0. The number of amides is 4. The number of hydrogen-bond donors (Lipinski definition) is 0. The number of furan rings is 2. The van der Waals surface area contributed by atoms with Crippen LogP contribution in [0.2, 0.25) is 0 Å². The molecular formula is C20H22N4O6. The Bertz CT molecular complexity index is 831. The smallest absolute Gasteiger partial charge is 0.312 e. The topological polar surface area (TPSA) is 108 Å². The van der Waals surface area contributed by atoms with Crippen LogP contribution in [0.1, 0.15) is 21.1 Å². The van der Waals surface area contributed by atoms with E-state index < -0.39 is 11.8 Å². The minimum atomic E-state index is -0.578. The normalized spacial score (nSPS) is 17.2. The van der Waals surface area contributed by atoms with Gasteiger partial charge in [-0.05, 0) is 24.3 Å². The Morgan fingerprint density at radius 3 is 1.20 bits per heavy atom. The molecule has 0 N–H and O–H groups in total. The lowest BCUT2D eigenvalue weighted by molar-refractivity contribution is -0.153. The lowest BCUT2D eigenvalue weighted by Crippen LogP contribution is -2.57. The summed E-state index contributed by atoms with van der Waals surface area (Å²) in [6.07, 6.45) is 2.88. The van der Waals surface area contributed by atoms with Gasteiger partial charge in [-0.15, -0.1) is 0 Å². The van der Waals surface area contributed by atoms with Gasteiger partial charge in [-0.3, -0.25) is 19.2 Å². The molecule has 0 aliphatic carbocycles. The van der Waals surface area contributed by atoms with E-state index in [1.807, 2.05) is 0 Å². The molecule has 0 bridgehead atoms. The third-order valence-electron chi connectivity index (χ3n) is 5.36. The van der Waals surface area contributed by atoms with Gasteiger partial charge >= 0.3 is 11.8 Å². The minimum Gasteiger partial charge on any atom is -0.459 e. The average Bonchev–Trinajstić information content (AvgIpc) is 3.52. The molecular weight excluding hydrogens is 392 g/mol. The first-order valence-electron chi connectivity index (χ1n) is 9.78. The Hall–Kier alpha value is -3.56. The molecule has 10 nitrogen and oxygen atoms in total. The van der Waals surface area contributed by atoms with Crippen molar-refractivity contribution in [1.82, 2.24) is 19.6 Å². The van der Waals surface area contributed by atoms with Gasteiger partial charge in [0.05, 0.1) is 12.5 Å². The van der Waals surface area contributed by atoms with Gasteiger partial charge in [0.1, 0.15) is 0 Å². The Labute approximate surface area is 172 Å². The minimum absolute atomic E-state index is 0.226. The Morgan fingerprint density at radius 1 is 0.567 bits per heavy atom. The van der Waals surface area contributed by atoms with E-state index >= 15 is 0 Å². The molecule has 0 saturated carbocycles. The quantitative estimate of drug-likeness (QED) is 0.647. The maximum absolute atomic E-state index is 12.6. The molecule has 4 heterocycles. The maximum Gasteiger partial charge on any atom is 0.312 e.